The van der Waals surface area contributed by atoms with E-state index in [-0.39, 0.29) is 24.3 Å². The third-order valence-electron chi connectivity index (χ3n) is 6.68. The molecule has 10 heteroatoms. The molecule has 1 atom stereocenters. The maximum Gasteiger partial charge on any atom is 0.261 e. The van der Waals surface area contributed by atoms with Crippen molar-refractivity contribution >= 4 is 40.7 Å². The largest absolute Gasteiger partial charge is 0.346 e. The highest BCUT2D eigenvalue weighted by Crippen LogP contribution is 2.38. The molecule has 0 saturated carbocycles. The Hall–Kier alpha value is -3.82. The second-order valence-corrected chi connectivity index (χ2v) is 10.7. The molecule has 0 aliphatic carbocycles. The van der Waals surface area contributed by atoms with E-state index in [0.717, 1.165) is 41.1 Å². The first-order valence-corrected chi connectivity index (χ1v) is 13.2. The molecule has 4 aromatic rings. The molecule has 1 aromatic carbocycles. The van der Waals surface area contributed by atoms with Crippen LogP contribution >= 0.6 is 22.9 Å². The molecule has 3 amide bonds. The summed E-state index contributed by atoms with van der Waals surface area (Å²) in [4.78, 5) is 46.5. The number of hydrogen-bond acceptors (Lipinski definition) is 6. The van der Waals surface area contributed by atoms with Crippen LogP contribution in [0.3, 0.4) is 0 Å². The van der Waals surface area contributed by atoms with Gasteiger partial charge in [-0.15, -0.1) is 11.3 Å². The lowest BCUT2D eigenvalue weighted by Crippen LogP contribution is -2.46. The summed E-state index contributed by atoms with van der Waals surface area (Å²) in [7, 11) is 0. The molecule has 0 unspecified atom stereocenters. The maximum absolute atomic E-state index is 13.5. The molecule has 2 aliphatic heterocycles. The molecule has 0 bridgehead atoms. The number of benzene rings is 1. The smallest absolute Gasteiger partial charge is 0.261 e. The lowest BCUT2D eigenvalue weighted by Gasteiger charge is -2.23. The molecule has 6 rings (SSSR count). The molecule has 5 heterocycles. The molecule has 2 aliphatic rings. The number of rotatable bonds is 6. The summed E-state index contributed by atoms with van der Waals surface area (Å²) < 4.78 is 1.88. The number of nitrogens with zero attached hydrogens (tertiary/aromatic N) is 4. The molecule has 0 spiro atoms. The third-order valence-corrected chi connectivity index (χ3v) is 8.15. The third kappa shape index (κ3) is 4.34. The van der Waals surface area contributed by atoms with E-state index in [2.05, 4.69) is 15.4 Å². The first-order valence-electron chi connectivity index (χ1n) is 12.0. The molecule has 1 N–H and O–H groups in total. The molecule has 3 aromatic heterocycles. The number of fused-ring (bicyclic) bond motifs is 4. The van der Waals surface area contributed by atoms with Gasteiger partial charge < -0.3 is 5.32 Å². The Morgan fingerprint density at radius 3 is 2.59 bits per heavy atom. The lowest BCUT2D eigenvalue weighted by atomic mass is 10.1. The number of carbonyl (C=O) groups excluding carboxylic acids is 3. The minimum absolute atomic E-state index is 0.0523. The van der Waals surface area contributed by atoms with Crippen molar-refractivity contribution in [3.05, 3.63) is 92.5 Å². The van der Waals surface area contributed by atoms with Crippen molar-refractivity contribution in [2.24, 2.45) is 0 Å². The normalized spacial score (nSPS) is 15.1. The highest BCUT2D eigenvalue weighted by atomic mass is 35.5. The average molecular weight is 532 g/mol. The number of amides is 3. The highest BCUT2D eigenvalue weighted by molar-refractivity contribution is 7.14. The van der Waals surface area contributed by atoms with Gasteiger partial charge in [0, 0.05) is 35.9 Å². The van der Waals surface area contributed by atoms with E-state index in [0.29, 0.717) is 27.4 Å². The molecule has 0 saturated heterocycles. The van der Waals surface area contributed by atoms with E-state index in [1.165, 1.54) is 16.2 Å². The Bertz CT molecular complexity index is 1500. The minimum atomic E-state index is -0.505. The second-order valence-electron chi connectivity index (χ2n) is 9.12. The van der Waals surface area contributed by atoms with Crippen LogP contribution in [-0.4, -0.2) is 50.0 Å². The van der Waals surface area contributed by atoms with Gasteiger partial charge in [-0.05, 0) is 49.1 Å². The Kier molecular flexibility index (Phi) is 6.10. The van der Waals surface area contributed by atoms with Gasteiger partial charge in [0.15, 0.2) is 0 Å². The summed E-state index contributed by atoms with van der Waals surface area (Å²) in [5.74, 6) is -0.959. The monoisotopic (exact) mass is 531 g/mol. The van der Waals surface area contributed by atoms with Gasteiger partial charge in [0.25, 0.3) is 17.7 Å². The fraction of sp³-hybridized carbons (Fsp3) is 0.222. The molecule has 37 heavy (non-hydrogen) atoms. The number of pyridine rings is 1. The van der Waals surface area contributed by atoms with E-state index in [1.54, 1.807) is 42.9 Å². The fourth-order valence-corrected chi connectivity index (χ4v) is 6.31. The van der Waals surface area contributed by atoms with Gasteiger partial charge in [0.1, 0.15) is 0 Å². The van der Waals surface area contributed by atoms with Crippen LogP contribution in [0.2, 0.25) is 5.02 Å². The van der Waals surface area contributed by atoms with Crippen LogP contribution in [0.5, 0.6) is 0 Å². The van der Waals surface area contributed by atoms with Crippen LogP contribution in [-0.2, 0) is 19.4 Å². The summed E-state index contributed by atoms with van der Waals surface area (Å²) >= 11 is 7.87. The molecular weight excluding hydrogens is 510 g/mol. The van der Waals surface area contributed by atoms with Crippen molar-refractivity contribution < 1.29 is 14.4 Å². The van der Waals surface area contributed by atoms with E-state index in [1.807, 2.05) is 22.9 Å². The SMILES string of the molecule is O=C(N[C@@H](Cc1cccnc1)CN1C(=O)c2ccccc2C1=O)c1cc2c(s1)CCCn1ncc(Cl)c1-2. The van der Waals surface area contributed by atoms with Gasteiger partial charge in [0.2, 0.25) is 0 Å². The zero-order chi connectivity index (χ0) is 25.5. The first kappa shape index (κ1) is 23.6. The van der Waals surface area contributed by atoms with Gasteiger partial charge in [-0.2, -0.15) is 5.10 Å². The van der Waals surface area contributed by atoms with Gasteiger partial charge >= 0.3 is 0 Å². The fourth-order valence-electron chi connectivity index (χ4n) is 4.96. The summed E-state index contributed by atoms with van der Waals surface area (Å²) in [6.07, 6.45) is 7.18. The van der Waals surface area contributed by atoms with Crippen molar-refractivity contribution in [3.63, 3.8) is 0 Å². The zero-order valence-corrected chi connectivity index (χ0v) is 21.3. The predicted octanol–water partition coefficient (Wildman–Crippen LogP) is 4.24. The van der Waals surface area contributed by atoms with Crippen LogP contribution in [0.25, 0.3) is 11.3 Å². The van der Waals surface area contributed by atoms with Gasteiger partial charge in [-0.25, -0.2) is 0 Å². The van der Waals surface area contributed by atoms with Crippen LogP contribution in [0.1, 0.15) is 47.2 Å². The Morgan fingerprint density at radius 2 is 1.86 bits per heavy atom. The number of aromatic nitrogens is 3. The highest BCUT2D eigenvalue weighted by Gasteiger charge is 2.37. The number of nitrogens with one attached hydrogen (secondary N) is 1. The molecule has 0 fully saturated rings. The number of hydrogen-bond donors (Lipinski definition) is 1. The van der Waals surface area contributed by atoms with Crippen LogP contribution in [0.15, 0.2) is 61.1 Å². The van der Waals surface area contributed by atoms with E-state index in [4.69, 9.17) is 11.6 Å². The van der Waals surface area contributed by atoms with Gasteiger partial charge in [-0.1, -0.05) is 29.8 Å². The van der Waals surface area contributed by atoms with Crippen LogP contribution in [0, 0.1) is 0 Å². The lowest BCUT2D eigenvalue weighted by molar-refractivity contribution is 0.0629. The Balaban J connectivity index is 1.27. The van der Waals surface area contributed by atoms with Crippen LogP contribution < -0.4 is 5.32 Å². The van der Waals surface area contributed by atoms with Gasteiger partial charge in [-0.3, -0.25) is 28.9 Å². The van der Waals surface area contributed by atoms with Crippen molar-refractivity contribution in [2.45, 2.75) is 31.8 Å². The van der Waals surface area contributed by atoms with E-state index in [9.17, 15) is 14.4 Å². The number of halogens is 1. The molecular formula is C27H22ClN5O3S. The predicted molar refractivity (Wildman–Crippen MR) is 140 cm³/mol. The number of imide groups is 1. The second kappa shape index (κ2) is 9.57. The topological polar surface area (TPSA) is 97.2 Å². The Labute approximate surface area is 221 Å². The van der Waals surface area contributed by atoms with Crippen molar-refractivity contribution in [3.8, 4) is 11.3 Å². The number of thiophene rings is 1. The zero-order valence-electron chi connectivity index (χ0n) is 19.7. The minimum Gasteiger partial charge on any atom is -0.346 e. The number of aryl methyl sites for hydroxylation is 2. The first-order chi connectivity index (χ1) is 18.0. The molecule has 8 nitrogen and oxygen atoms in total. The van der Waals surface area contributed by atoms with Crippen molar-refractivity contribution in [1.82, 2.24) is 25.0 Å². The van der Waals surface area contributed by atoms with Crippen molar-refractivity contribution in [1.29, 1.82) is 0 Å². The number of carbonyl (C=O) groups is 3. The average Bonchev–Trinajstić information content (AvgIpc) is 3.52. The summed E-state index contributed by atoms with van der Waals surface area (Å²) in [5.41, 5.74) is 3.42. The quantitative estimate of drug-likeness (QED) is 0.375. The summed E-state index contributed by atoms with van der Waals surface area (Å²) in [6.45, 7) is 0.828. The van der Waals surface area contributed by atoms with E-state index < -0.39 is 6.04 Å². The molecule has 0 radical (unpaired) electrons. The van der Waals surface area contributed by atoms with Crippen molar-refractivity contribution in [2.75, 3.05) is 6.54 Å². The van der Waals surface area contributed by atoms with Gasteiger partial charge in [0.05, 0.1) is 39.0 Å². The Morgan fingerprint density at radius 1 is 1.08 bits per heavy atom. The van der Waals surface area contributed by atoms with Crippen LogP contribution in [0.4, 0.5) is 0 Å². The summed E-state index contributed by atoms with van der Waals surface area (Å²) in [5, 5.41) is 8.01. The standard InChI is InChI=1S/C27H22ClN5O3S/c28-21-14-30-33-10-4-8-22-20(24(21)33)12-23(37-22)25(34)31-17(11-16-5-3-9-29-13-16)15-32-26(35)18-6-1-2-7-19(18)27(32)36/h1-3,5-7,9,12-14,17H,4,8,10-11,15H2,(H,31,34)/t17-/m0/s1. The summed E-state index contributed by atoms with van der Waals surface area (Å²) in [6, 6.07) is 11.9. The van der Waals surface area contributed by atoms with E-state index >= 15 is 0 Å². The maximum atomic E-state index is 13.5. The molecule has 186 valence electrons.